The number of carbonyl (C=O) groups excluding carboxylic acids is 1. The summed E-state index contributed by atoms with van der Waals surface area (Å²) in [5.74, 6) is 0.0894. The zero-order valence-electron chi connectivity index (χ0n) is 11.6. The number of anilines is 2. The summed E-state index contributed by atoms with van der Waals surface area (Å²) in [5, 5.41) is 11.4. The number of ether oxygens (including phenoxy) is 1. The topological polar surface area (TPSA) is 88.1 Å². The van der Waals surface area contributed by atoms with E-state index in [1.807, 2.05) is 0 Å². The van der Waals surface area contributed by atoms with E-state index in [0.717, 1.165) is 5.56 Å². The molecule has 0 heterocycles. The van der Waals surface area contributed by atoms with Gasteiger partial charge in [-0.25, -0.2) is 0 Å². The SMILES string of the molecule is COc1cccc(N)c1C(=O)Nc1ccc(CC#N)cc1. The maximum Gasteiger partial charge on any atom is 0.261 e. The molecule has 0 aliphatic carbocycles. The van der Waals surface area contributed by atoms with Crippen molar-refractivity contribution in [3.05, 3.63) is 53.6 Å². The Labute approximate surface area is 123 Å². The molecule has 2 rings (SSSR count). The number of hydrogen-bond acceptors (Lipinski definition) is 4. The summed E-state index contributed by atoms with van der Waals surface area (Å²) in [6, 6.07) is 14.2. The monoisotopic (exact) mass is 281 g/mol. The number of carbonyl (C=O) groups is 1. The molecule has 21 heavy (non-hydrogen) atoms. The quantitative estimate of drug-likeness (QED) is 0.843. The Hall–Kier alpha value is -3.00. The molecule has 5 heteroatoms. The van der Waals surface area contributed by atoms with Gasteiger partial charge in [0.05, 0.1) is 19.6 Å². The molecule has 3 N–H and O–H groups in total. The van der Waals surface area contributed by atoms with Crippen molar-refractivity contribution < 1.29 is 9.53 Å². The zero-order valence-corrected chi connectivity index (χ0v) is 11.6. The third kappa shape index (κ3) is 3.31. The van der Waals surface area contributed by atoms with Crippen molar-refractivity contribution in [2.75, 3.05) is 18.2 Å². The predicted molar refractivity (Wildman–Crippen MR) is 81.1 cm³/mol. The second-order valence-electron chi connectivity index (χ2n) is 4.41. The van der Waals surface area contributed by atoms with E-state index in [1.165, 1.54) is 7.11 Å². The zero-order chi connectivity index (χ0) is 15.2. The number of nitriles is 1. The van der Waals surface area contributed by atoms with Crippen LogP contribution in [-0.2, 0) is 6.42 Å². The van der Waals surface area contributed by atoms with Crippen LogP contribution in [0.2, 0.25) is 0 Å². The number of methoxy groups -OCH3 is 1. The average Bonchev–Trinajstić information content (AvgIpc) is 2.49. The first-order valence-corrected chi connectivity index (χ1v) is 6.35. The molecular weight excluding hydrogens is 266 g/mol. The summed E-state index contributed by atoms with van der Waals surface area (Å²) in [5.41, 5.74) is 8.03. The minimum Gasteiger partial charge on any atom is -0.496 e. The molecule has 0 aliphatic rings. The molecule has 0 radical (unpaired) electrons. The van der Waals surface area contributed by atoms with Crippen LogP contribution in [0.5, 0.6) is 5.75 Å². The van der Waals surface area contributed by atoms with Gasteiger partial charge in [0, 0.05) is 11.4 Å². The molecule has 2 aromatic rings. The third-order valence-corrected chi connectivity index (χ3v) is 3.00. The highest BCUT2D eigenvalue weighted by atomic mass is 16.5. The van der Waals surface area contributed by atoms with E-state index in [0.29, 0.717) is 29.1 Å². The Morgan fingerprint density at radius 2 is 2.00 bits per heavy atom. The van der Waals surface area contributed by atoms with Gasteiger partial charge in [-0.2, -0.15) is 5.26 Å². The number of nitrogens with one attached hydrogen (secondary N) is 1. The lowest BCUT2D eigenvalue weighted by Crippen LogP contribution is -2.15. The van der Waals surface area contributed by atoms with Crippen LogP contribution >= 0.6 is 0 Å². The minimum absolute atomic E-state index is 0.307. The first kappa shape index (κ1) is 14.4. The van der Waals surface area contributed by atoms with Gasteiger partial charge in [-0.15, -0.1) is 0 Å². The highest BCUT2D eigenvalue weighted by molar-refractivity contribution is 6.09. The molecule has 0 saturated carbocycles. The minimum atomic E-state index is -0.335. The van der Waals surface area contributed by atoms with E-state index in [1.54, 1.807) is 42.5 Å². The lowest BCUT2D eigenvalue weighted by atomic mass is 10.1. The Bertz CT molecular complexity index is 688. The van der Waals surface area contributed by atoms with Crippen molar-refractivity contribution in [1.82, 2.24) is 0 Å². The standard InChI is InChI=1S/C16H15N3O2/c1-21-14-4-2-3-13(18)15(14)16(20)19-12-7-5-11(6-8-12)9-10-17/h2-8H,9,18H2,1H3,(H,19,20). The number of hydrogen-bond donors (Lipinski definition) is 2. The average molecular weight is 281 g/mol. The lowest BCUT2D eigenvalue weighted by molar-refractivity contribution is 0.102. The van der Waals surface area contributed by atoms with Crippen LogP contribution in [0.25, 0.3) is 0 Å². The Morgan fingerprint density at radius 1 is 1.29 bits per heavy atom. The van der Waals surface area contributed by atoms with Crippen LogP contribution < -0.4 is 15.8 Å². The van der Waals surface area contributed by atoms with Crippen LogP contribution in [0.15, 0.2) is 42.5 Å². The molecule has 0 bridgehead atoms. The molecule has 0 atom stereocenters. The van der Waals surface area contributed by atoms with Crippen molar-refractivity contribution in [2.24, 2.45) is 0 Å². The van der Waals surface area contributed by atoms with Gasteiger partial charge in [0.2, 0.25) is 0 Å². The van der Waals surface area contributed by atoms with Crippen LogP contribution in [-0.4, -0.2) is 13.0 Å². The Morgan fingerprint density at radius 3 is 2.62 bits per heavy atom. The van der Waals surface area contributed by atoms with Gasteiger partial charge in [0.1, 0.15) is 11.3 Å². The summed E-state index contributed by atoms with van der Waals surface area (Å²) >= 11 is 0. The Kier molecular flexibility index (Phi) is 4.42. The van der Waals surface area contributed by atoms with E-state index in [-0.39, 0.29) is 5.91 Å². The number of nitrogens with two attached hydrogens (primary N) is 1. The van der Waals surface area contributed by atoms with Crippen LogP contribution in [0.3, 0.4) is 0 Å². The van der Waals surface area contributed by atoms with E-state index in [9.17, 15) is 4.79 Å². The summed E-state index contributed by atoms with van der Waals surface area (Å²) in [4.78, 5) is 12.3. The molecule has 0 unspecified atom stereocenters. The van der Waals surface area contributed by atoms with Crippen LogP contribution in [0.1, 0.15) is 15.9 Å². The van der Waals surface area contributed by atoms with E-state index < -0.39 is 0 Å². The van der Waals surface area contributed by atoms with E-state index in [4.69, 9.17) is 15.7 Å². The number of rotatable bonds is 4. The summed E-state index contributed by atoms with van der Waals surface area (Å²) < 4.78 is 5.16. The normalized spacial score (nSPS) is 9.71. The number of nitrogen functional groups attached to an aromatic ring is 1. The van der Waals surface area contributed by atoms with Gasteiger partial charge >= 0.3 is 0 Å². The fourth-order valence-electron chi connectivity index (χ4n) is 1.95. The molecule has 106 valence electrons. The van der Waals surface area contributed by atoms with Gasteiger partial charge < -0.3 is 15.8 Å². The summed E-state index contributed by atoms with van der Waals surface area (Å²) in [7, 11) is 1.49. The molecule has 2 aromatic carbocycles. The van der Waals surface area contributed by atoms with Crippen LogP contribution in [0.4, 0.5) is 11.4 Å². The Balaban J connectivity index is 2.20. The largest absolute Gasteiger partial charge is 0.496 e. The maximum absolute atomic E-state index is 12.3. The number of benzene rings is 2. The van der Waals surface area contributed by atoms with Gasteiger partial charge in [-0.1, -0.05) is 18.2 Å². The van der Waals surface area contributed by atoms with E-state index >= 15 is 0 Å². The smallest absolute Gasteiger partial charge is 0.261 e. The van der Waals surface area contributed by atoms with Crippen molar-refractivity contribution >= 4 is 17.3 Å². The van der Waals surface area contributed by atoms with Gasteiger partial charge in [0.25, 0.3) is 5.91 Å². The molecule has 0 saturated heterocycles. The highest BCUT2D eigenvalue weighted by Crippen LogP contribution is 2.25. The molecule has 0 fully saturated rings. The van der Waals surface area contributed by atoms with Gasteiger partial charge in [-0.3, -0.25) is 4.79 Å². The molecule has 0 spiro atoms. The van der Waals surface area contributed by atoms with Gasteiger partial charge in [-0.05, 0) is 29.8 Å². The molecular formula is C16H15N3O2. The summed E-state index contributed by atoms with van der Waals surface area (Å²) in [6.07, 6.45) is 0.341. The lowest BCUT2D eigenvalue weighted by Gasteiger charge is -2.11. The molecule has 0 aliphatic heterocycles. The molecule has 5 nitrogen and oxygen atoms in total. The fourth-order valence-corrected chi connectivity index (χ4v) is 1.95. The third-order valence-electron chi connectivity index (χ3n) is 3.00. The highest BCUT2D eigenvalue weighted by Gasteiger charge is 2.15. The fraction of sp³-hybridized carbons (Fsp3) is 0.125. The molecule has 1 amide bonds. The van der Waals surface area contributed by atoms with Crippen molar-refractivity contribution in [3.63, 3.8) is 0 Å². The second-order valence-corrected chi connectivity index (χ2v) is 4.41. The number of nitrogens with zero attached hydrogens (tertiary/aromatic N) is 1. The van der Waals surface area contributed by atoms with Crippen LogP contribution in [0, 0.1) is 11.3 Å². The second kappa shape index (κ2) is 6.44. The van der Waals surface area contributed by atoms with Crippen molar-refractivity contribution in [1.29, 1.82) is 5.26 Å². The van der Waals surface area contributed by atoms with Crippen molar-refractivity contribution in [3.8, 4) is 11.8 Å². The van der Waals surface area contributed by atoms with Crippen molar-refractivity contribution in [2.45, 2.75) is 6.42 Å². The summed E-state index contributed by atoms with van der Waals surface area (Å²) in [6.45, 7) is 0. The maximum atomic E-state index is 12.3. The first-order chi connectivity index (χ1) is 10.2. The number of amides is 1. The first-order valence-electron chi connectivity index (χ1n) is 6.35. The van der Waals surface area contributed by atoms with Gasteiger partial charge in [0.15, 0.2) is 0 Å². The molecule has 0 aromatic heterocycles. The van der Waals surface area contributed by atoms with E-state index in [2.05, 4.69) is 11.4 Å². The predicted octanol–water partition coefficient (Wildman–Crippen LogP) is 2.60.